The zero-order valence-electron chi connectivity index (χ0n) is 17.0. The molecule has 1 N–H and O–H groups in total. The number of aryl methyl sites for hydroxylation is 1. The Morgan fingerprint density at radius 2 is 1.72 bits per heavy atom. The second-order valence-electron chi connectivity index (χ2n) is 7.88. The monoisotopic (exact) mass is 396 g/mol. The van der Waals surface area contributed by atoms with E-state index in [0.29, 0.717) is 18.3 Å². The van der Waals surface area contributed by atoms with Gasteiger partial charge in [0.1, 0.15) is 12.3 Å². The first kappa shape index (κ1) is 19.4. The molecular weight excluding hydrogens is 368 g/mol. The highest BCUT2D eigenvalue weighted by Crippen LogP contribution is 2.31. The highest BCUT2D eigenvalue weighted by atomic mass is 16.5. The van der Waals surface area contributed by atoms with E-state index in [2.05, 4.69) is 5.32 Å². The van der Waals surface area contributed by atoms with E-state index in [-0.39, 0.29) is 24.5 Å². The van der Waals surface area contributed by atoms with Gasteiger partial charge >= 0.3 is 6.03 Å². The lowest BCUT2D eigenvalue weighted by molar-refractivity contribution is -0.133. The van der Waals surface area contributed by atoms with Crippen LogP contribution in [0.1, 0.15) is 31.4 Å². The molecule has 2 fully saturated rings. The van der Waals surface area contributed by atoms with Gasteiger partial charge in [-0.2, -0.15) is 0 Å². The number of carbonyl (C=O) groups excluding carboxylic acids is 2. The quantitative estimate of drug-likeness (QED) is 0.745. The predicted octanol–water partition coefficient (Wildman–Crippen LogP) is 3.22. The average Bonchev–Trinajstić information content (AvgIpc) is 3.64. The van der Waals surface area contributed by atoms with Crippen LogP contribution in [0.5, 0.6) is 5.75 Å². The Labute approximate surface area is 171 Å². The minimum absolute atomic E-state index is 0.0190. The van der Waals surface area contributed by atoms with Gasteiger partial charge in [0.15, 0.2) is 0 Å². The van der Waals surface area contributed by atoms with Gasteiger partial charge in [-0.15, -0.1) is 0 Å². The Hall–Kier alpha value is -2.96. The maximum atomic E-state index is 13.1. The largest absolute Gasteiger partial charge is 0.497 e. The van der Waals surface area contributed by atoms with Crippen LogP contribution in [0.15, 0.2) is 42.6 Å². The molecule has 0 spiro atoms. The summed E-state index contributed by atoms with van der Waals surface area (Å²) in [6.45, 7) is 0.708. The number of rotatable bonds is 8. The summed E-state index contributed by atoms with van der Waals surface area (Å²) < 4.78 is 7.19. The predicted molar refractivity (Wildman–Crippen MR) is 111 cm³/mol. The number of amides is 3. The molecule has 1 aromatic heterocycles. The van der Waals surface area contributed by atoms with Crippen molar-refractivity contribution in [3.63, 3.8) is 0 Å². The van der Waals surface area contributed by atoms with Crippen LogP contribution in [0.4, 0.5) is 10.5 Å². The van der Waals surface area contributed by atoms with Crippen molar-refractivity contribution < 1.29 is 14.3 Å². The molecule has 2 saturated carbocycles. The van der Waals surface area contributed by atoms with Gasteiger partial charge in [-0.05, 0) is 62.1 Å². The van der Waals surface area contributed by atoms with Gasteiger partial charge in [-0.1, -0.05) is 0 Å². The van der Waals surface area contributed by atoms with Crippen molar-refractivity contribution in [3.05, 3.63) is 48.3 Å². The average molecular weight is 396 g/mol. The summed E-state index contributed by atoms with van der Waals surface area (Å²) in [5.41, 5.74) is 1.79. The minimum atomic E-state index is -0.222. The van der Waals surface area contributed by atoms with Gasteiger partial charge in [-0.3, -0.25) is 4.79 Å². The maximum Gasteiger partial charge on any atom is 0.322 e. The Morgan fingerprint density at radius 1 is 1.07 bits per heavy atom. The van der Waals surface area contributed by atoms with Gasteiger partial charge in [0.05, 0.1) is 13.7 Å². The zero-order valence-corrected chi connectivity index (χ0v) is 17.0. The highest BCUT2D eigenvalue weighted by molar-refractivity contribution is 5.93. The van der Waals surface area contributed by atoms with E-state index in [1.165, 1.54) is 0 Å². The van der Waals surface area contributed by atoms with Crippen LogP contribution >= 0.6 is 0 Å². The van der Waals surface area contributed by atoms with Crippen LogP contribution in [-0.4, -0.2) is 52.0 Å². The Balaban J connectivity index is 1.41. The molecule has 0 radical (unpaired) electrons. The van der Waals surface area contributed by atoms with Gasteiger partial charge < -0.3 is 24.4 Å². The molecule has 4 rings (SSSR count). The number of benzene rings is 1. The summed E-state index contributed by atoms with van der Waals surface area (Å²) in [5, 5.41) is 2.92. The molecule has 0 aliphatic heterocycles. The summed E-state index contributed by atoms with van der Waals surface area (Å²) >= 11 is 0. The van der Waals surface area contributed by atoms with Gasteiger partial charge in [0.25, 0.3) is 0 Å². The molecule has 3 amide bonds. The first-order valence-corrected chi connectivity index (χ1v) is 10.2. The minimum Gasteiger partial charge on any atom is -0.497 e. The molecule has 0 saturated heterocycles. The van der Waals surface area contributed by atoms with Crippen LogP contribution in [0, 0.1) is 0 Å². The number of anilines is 1. The topological polar surface area (TPSA) is 66.8 Å². The number of carbonyl (C=O) groups is 2. The molecule has 1 heterocycles. The summed E-state index contributed by atoms with van der Waals surface area (Å²) in [7, 11) is 3.60. The lowest BCUT2D eigenvalue weighted by Crippen LogP contribution is -2.46. The normalized spacial score (nSPS) is 15.7. The molecule has 2 aliphatic carbocycles. The summed E-state index contributed by atoms with van der Waals surface area (Å²) in [6, 6.07) is 11.5. The molecule has 1 aromatic carbocycles. The van der Waals surface area contributed by atoms with Crippen LogP contribution in [-0.2, 0) is 18.4 Å². The van der Waals surface area contributed by atoms with Gasteiger partial charge in [-0.25, -0.2) is 4.79 Å². The van der Waals surface area contributed by atoms with E-state index in [9.17, 15) is 9.59 Å². The summed E-state index contributed by atoms with van der Waals surface area (Å²) in [4.78, 5) is 29.6. The molecule has 7 nitrogen and oxygen atoms in total. The van der Waals surface area contributed by atoms with Crippen LogP contribution < -0.4 is 10.1 Å². The second kappa shape index (κ2) is 8.19. The smallest absolute Gasteiger partial charge is 0.322 e. The fourth-order valence-corrected chi connectivity index (χ4v) is 3.50. The van der Waals surface area contributed by atoms with Crippen molar-refractivity contribution in [1.29, 1.82) is 0 Å². The van der Waals surface area contributed by atoms with E-state index < -0.39 is 0 Å². The van der Waals surface area contributed by atoms with E-state index >= 15 is 0 Å². The lowest BCUT2D eigenvalue weighted by Gasteiger charge is -2.28. The summed E-state index contributed by atoms with van der Waals surface area (Å²) in [5.74, 6) is 0.753. The number of hydrogen-bond acceptors (Lipinski definition) is 3. The second-order valence-corrected chi connectivity index (χ2v) is 7.88. The SMILES string of the molecule is COc1ccc(NC(=O)N(CC(=O)N(Cc2cccn2C)C2CC2)C2CC2)cc1. The third-order valence-electron chi connectivity index (χ3n) is 5.59. The van der Waals surface area contributed by atoms with Crippen LogP contribution in [0.25, 0.3) is 0 Å². The highest BCUT2D eigenvalue weighted by Gasteiger charge is 2.38. The third-order valence-corrected chi connectivity index (χ3v) is 5.59. The van der Waals surface area contributed by atoms with E-state index in [0.717, 1.165) is 37.1 Å². The van der Waals surface area contributed by atoms with Crippen molar-refractivity contribution in [2.45, 2.75) is 44.3 Å². The molecular formula is C22H28N4O3. The number of methoxy groups -OCH3 is 1. The third kappa shape index (κ3) is 4.72. The zero-order chi connectivity index (χ0) is 20.4. The molecule has 2 aliphatic rings. The number of nitrogens with one attached hydrogen (secondary N) is 1. The molecule has 2 aromatic rings. The molecule has 0 bridgehead atoms. The number of ether oxygens (including phenoxy) is 1. The first-order chi connectivity index (χ1) is 14.0. The fourth-order valence-electron chi connectivity index (χ4n) is 3.50. The van der Waals surface area contributed by atoms with Crippen LogP contribution in [0.2, 0.25) is 0 Å². The Morgan fingerprint density at radius 3 is 2.28 bits per heavy atom. The van der Waals surface area contributed by atoms with Gasteiger partial charge in [0.2, 0.25) is 5.91 Å². The maximum absolute atomic E-state index is 13.1. The molecule has 29 heavy (non-hydrogen) atoms. The van der Waals surface area contributed by atoms with Crippen LogP contribution in [0.3, 0.4) is 0 Å². The number of hydrogen-bond donors (Lipinski definition) is 1. The van der Waals surface area contributed by atoms with Crippen molar-refractivity contribution in [2.24, 2.45) is 7.05 Å². The fraction of sp³-hybridized carbons (Fsp3) is 0.455. The van der Waals surface area contributed by atoms with Crippen molar-refractivity contribution in [3.8, 4) is 5.75 Å². The van der Waals surface area contributed by atoms with E-state index in [4.69, 9.17) is 4.74 Å². The number of urea groups is 1. The Bertz CT molecular complexity index is 868. The molecule has 7 heteroatoms. The summed E-state index contributed by atoms with van der Waals surface area (Å²) in [6.07, 6.45) is 5.97. The van der Waals surface area contributed by atoms with Crippen molar-refractivity contribution in [2.75, 3.05) is 19.0 Å². The standard InChI is InChI=1S/C22H28N4O3/c1-24-13-3-4-19(24)14-25(17-7-8-17)21(27)15-26(18-9-10-18)22(28)23-16-5-11-20(29-2)12-6-16/h3-6,11-13,17-18H,7-10,14-15H2,1-2H3,(H,23,28). The van der Waals surface area contributed by atoms with E-state index in [1.54, 1.807) is 36.3 Å². The van der Waals surface area contributed by atoms with Gasteiger partial charge in [0, 0.05) is 36.7 Å². The van der Waals surface area contributed by atoms with Crippen molar-refractivity contribution >= 4 is 17.6 Å². The molecule has 154 valence electrons. The number of aromatic nitrogens is 1. The Kier molecular flexibility index (Phi) is 5.47. The van der Waals surface area contributed by atoms with E-state index in [1.807, 2.05) is 34.8 Å². The molecule has 0 unspecified atom stereocenters. The van der Waals surface area contributed by atoms with Crippen molar-refractivity contribution in [1.82, 2.24) is 14.4 Å². The molecule has 0 atom stereocenters. The number of nitrogens with zero attached hydrogens (tertiary/aromatic N) is 3. The first-order valence-electron chi connectivity index (χ1n) is 10.2. The lowest BCUT2D eigenvalue weighted by atomic mass is 10.3.